The van der Waals surface area contributed by atoms with Gasteiger partial charge in [-0.3, -0.25) is 4.79 Å². The molecule has 6 nitrogen and oxygen atoms in total. The standard InChI is InChI=1S/C11H20N2O4/c1-11(2,3)17-10(16)13-5-4-8(12)7(6-13)9(14)15/h7-8H,4-6,12H2,1-3H3,(H,14,15)/t7-,8+/m1/s1. The lowest BCUT2D eigenvalue weighted by Crippen LogP contribution is -2.52. The molecule has 98 valence electrons. The number of nitrogens with zero attached hydrogens (tertiary/aromatic N) is 1. The third kappa shape index (κ3) is 3.89. The van der Waals surface area contributed by atoms with Crippen molar-refractivity contribution in [3.8, 4) is 0 Å². The maximum atomic E-state index is 11.8. The Kier molecular flexibility index (Phi) is 3.98. The first-order valence-electron chi connectivity index (χ1n) is 5.67. The molecule has 1 saturated heterocycles. The largest absolute Gasteiger partial charge is 0.481 e. The summed E-state index contributed by atoms with van der Waals surface area (Å²) >= 11 is 0. The van der Waals surface area contributed by atoms with Gasteiger partial charge in [0.05, 0.1) is 5.92 Å². The van der Waals surface area contributed by atoms with E-state index >= 15 is 0 Å². The highest BCUT2D eigenvalue weighted by atomic mass is 16.6. The minimum Gasteiger partial charge on any atom is -0.481 e. The molecule has 17 heavy (non-hydrogen) atoms. The Morgan fingerprint density at radius 3 is 2.47 bits per heavy atom. The van der Waals surface area contributed by atoms with Crippen molar-refractivity contribution in [1.82, 2.24) is 4.90 Å². The summed E-state index contributed by atoms with van der Waals surface area (Å²) in [7, 11) is 0. The average molecular weight is 244 g/mol. The molecule has 1 heterocycles. The van der Waals surface area contributed by atoms with E-state index in [2.05, 4.69) is 0 Å². The van der Waals surface area contributed by atoms with E-state index in [0.717, 1.165) is 0 Å². The molecular weight excluding hydrogens is 224 g/mol. The van der Waals surface area contributed by atoms with E-state index in [1.165, 1.54) is 4.90 Å². The maximum absolute atomic E-state index is 11.8. The lowest BCUT2D eigenvalue weighted by atomic mass is 9.93. The molecule has 6 heteroatoms. The molecule has 0 bridgehead atoms. The van der Waals surface area contributed by atoms with Crippen LogP contribution in [0.3, 0.4) is 0 Å². The molecule has 3 N–H and O–H groups in total. The number of carbonyl (C=O) groups excluding carboxylic acids is 1. The predicted molar refractivity (Wildman–Crippen MR) is 61.5 cm³/mol. The summed E-state index contributed by atoms with van der Waals surface area (Å²) in [4.78, 5) is 24.1. The van der Waals surface area contributed by atoms with Crippen molar-refractivity contribution in [2.75, 3.05) is 13.1 Å². The molecule has 1 aliphatic heterocycles. The summed E-state index contributed by atoms with van der Waals surface area (Å²) in [5.41, 5.74) is 5.14. The van der Waals surface area contributed by atoms with Crippen molar-refractivity contribution in [1.29, 1.82) is 0 Å². The van der Waals surface area contributed by atoms with Gasteiger partial charge in [-0.05, 0) is 27.2 Å². The molecule has 1 amide bonds. The first-order chi connectivity index (χ1) is 7.70. The molecule has 1 aliphatic rings. The Bertz CT molecular complexity index is 311. The number of hydrogen-bond acceptors (Lipinski definition) is 4. The fourth-order valence-electron chi connectivity index (χ4n) is 1.72. The third-order valence-corrected chi connectivity index (χ3v) is 2.64. The second kappa shape index (κ2) is 4.91. The van der Waals surface area contributed by atoms with Crippen LogP contribution in [0.15, 0.2) is 0 Å². The van der Waals surface area contributed by atoms with E-state index in [1.807, 2.05) is 0 Å². The zero-order chi connectivity index (χ0) is 13.2. The van der Waals surface area contributed by atoms with Gasteiger partial charge >= 0.3 is 12.1 Å². The van der Waals surface area contributed by atoms with Gasteiger partial charge in [0, 0.05) is 19.1 Å². The predicted octanol–water partition coefficient (Wildman–Crippen LogP) is 0.655. The van der Waals surface area contributed by atoms with Crippen LogP contribution in [0.2, 0.25) is 0 Å². The molecule has 1 rings (SSSR count). The second-order valence-corrected chi connectivity index (χ2v) is 5.32. The number of rotatable bonds is 1. The zero-order valence-electron chi connectivity index (χ0n) is 10.5. The van der Waals surface area contributed by atoms with Gasteiger partial charge in [0.2, 0.25) is 0 Å². The SMILES string of the molecule is CC(C)(C)OC(=O)N1CC[C@H](N)[C@H](C(=O)O)C1. The van der Waals surface area contributed by atoms with Crippen LogP contribution in [0.25, 0.3) is 0 Å². The fourth-order valence-corrected chi connectivity index (χ4v) is 1.72. The van der Waals surface area contributed by atoms with Crippen LogP contribution in [0, 0.1) is 5.92 Å². The number of carboxylic acid groups (broad SMARTS) is 1. The van der Waals surface area contributed by atoms with Gasteiger partial charge in [-0.2, -0.15) is 0 Å². The van der Waals surface area contributed by atoms with Gasteiger partial charge in [-0.15, -0.1) is 0 Å². The maximum Gasteiger partial charge on any atom is 0.410 e. The summed E-state index contributed by atoms with van der Waals surface area (Å²) in [5.74, 6) is -1.68. The highest BCUT2D eigenvalue weighted by Crippen LogP contribution is 2.18. The number of aliphatic carboxylic acids is 1. The number of ether oxygens (including phenoxy) is 1. The molecule has 0 spiro atoms. The Morgan fingerprint density at radius 2 is 2.00 bits per heavy atom. The first-order valence-corrected chi connectivity index (χ1v) is 5.67. The van der Waals surface area contributed by atoms with Crippen molar-refractivity contribution >= 4 is 12.1 Å². The molecule has 0 aromatic rings. The number of piperidine rings is 1. The van der Waals surface area contributed by atoms with E-state index in [4.69, 9.17) is 15.6 Å². The minimum absolute atomic E-state index is 0.116. The second-order valence-electron chi connectivity index (χ2n) is 5.32. The van der Waals surface area contributed by atoms with Gasteiger partial charge < -0.3 is 20.5 Å². The van der Waals surface area contributed by atoms with Crippen molar-refractivity contribution in [3.63, 3.8) is 0 Å². The van der Waals surface area contributed by atoms with Gasteiger partial charge in [-0.1, -0.05) is 0 Å². The van der Waals surface area contributed by atoms with Crippen molar-refractivity contribution in [2.45, 2.75) is 38.8 Å². The summed E-state index contributed by atoms with van der Waals surface area (Å²) in [6.07, 6.45) is 0.00610. The summed E-state index contributed by atoms with van der Waals surface area (Å²) < 4.78 is 5.19. The summed E-state index contributed by atoms with van der Waals surface area (Å²) in [5, 5.41) is 8.98. The van der Waals surface area contributed by atoms with Gasteiger partial charge in [0.25, 0.3) is 0 Å². The Labute approximate surface area is 101 Å². The molecule has 0 saturated carbocycles. The molecule has 0 aliphatic carbocycles. The normalized spacial score (nSPS) is 25.5. The monoisotopic (exact) mass is 244 g/mol. The minimum atomic E-state index is -0.967. The number of likely N-dealkylation sites (tertiary alicyclic amines) is 1. The average Bonchev–Trinajstić information content (AvgIpc) is 2.14. The highest BCUT2D eigenvalue weighted by molar-refractivity contribution is 5.74. The topological polar surface area (TPSA) is 92.9 Å². The quantitative estimate of drug-likeness (QED) is 0.706. The number of carbonyl (C=O) groups is 2. The van der Waals surface area contributed by atoms with Crippen LogP contribution in [-0.4, -0.2) is 46.8 Å². The van der Waals surface area contributed by atoms with Gasteiger partial charge in [0.1, 0.15) is 5.60 Å². The Hall–Kier alpha value is -1.30. The molecule has 2 atom stereocenters. The van der Waals surface area contributed by atoms with Crippen LogP contribution in [0.4, 0.5) is 4.79 Å². The molecule has 0 aromatic carbocycles. The van der Waals surface area contributed by atoms with Crippen molar-refractivity contribution < 1.29 is 19.4 Å². The molecule has 0 unspecified atom stereocenters. The number of hydrogen-bond donors (Lipinski definition) is 2. The Morgan fingerprint density at radius 1 is 1.41 bits per heavy atom. The van der Waals surface area contributed by atoms with Crippen LogP contribution >= 0.6 is 0 Å². The van der Waals surface area contributed by atoms with Crippen LogP contribution in [0.5, 0.6) is 0 Å². The molecule has 0 radical (unpaired) electrons. The van der Waals surface area contributed by atoms with E-state index < -0.39 is 29.6 Å². The van der Waals surface area contributed by atoms with Gasteiger partial charge in [-0.25, -0.2) is 4.79 Å². The lowest BCUT2D eigenvalue weighted by molar-refractivity contribution is -0.144. The third-order valence-electron chi connectivity index (χ3n) is 2.64. The number of carboxylic acids is 1. The molecule has 0 aromatic heterocycles. The molecule has 1 fully saturated rings. The first kappa shape index (κ1) is 13.8. The zero-order valence-corrected chi connectivity index (χ0v) is 10.5. The Balaban J connectivity index is 2.62. The highest BCUT2D eigenvalue weighted by Gasteiger charge is 2.35. The van der Waals surface area contributed by atoms with E-state index in [-0.39, 0.29) is 6.54 Å². The summed E-state index contributed by atoms with van der Waals surface area (Å²) in [6, 6.07) is -0.397. The number of amides is 1. The fraction of sp³-hybridized carbons (Fsp3) is 0.818. The van der Waals surface area contributed by atoms with Crippen molar-refractivity contribution in [3.05, 3.63) is 0 Å². The van der Waals surface area contributed by atoms with Crippen molar-refractivity contribution in [2.24, 2.45) is 11.7 Å². The smallest absolute Gasteiger partial charge is 0.410 e. The summed E-state index contributed by atoms with van der Waals surface area (Å²) in [6.45, 7) is 5.88. The molecular formula is C11H20N2O4. The van der Waals surface area contributed by atoms with Crippen LogP contribution in [0.1, 0.15) is 27.2 Å². The van der Waals surface area contributed by atoms with E-state index in [0.29, 0.717) is 13.0 Å². The lowest BCUT2D eigenvalue weighted by Gasteiger charge is -2.35. The van der Waals surface area contributed by atoms with Crippen LogP contribution < -0.4 is 5.73 Å². The number of nitrogens with two attached hydrogens (primary N) is 1. The van der Waals surface area contributed by atoms with Gasteiger partial charge in [0.15, 0.2) is 0 Å². The van der Waals surface area contributed by atoms with E-state index in [9.17, 15) is 9.59 Å². The van der Waals surface area contributed by atoms with E-state index in [1.54, 1.807) is 20.8 Å². The van der Waals surface area contributed by atoms with Crippen LogP contribution in [-0.2, 0) is 9.53 Å².